The first-order chi connectivity index (χ1) is 9.61. The lowest BCUT2D eigenvalue weighted by molar-refractivity contribution is -0.137. The van der Waals surface area contributed by atoms with E-state index >= 15 is 0 Å². The molecule has 21 heavy (non-hydrogen) atoms. The standard InChI is InChI=1S/C15H21F3N2O/c1-10(2)13(19)8-14(21)20(3)9-11-4-6-12(7-5-11)15(16,17)18/h4-7,10,13H,8-9,19H2,1-3H3. The minimum Gasteiger partial charge on any atom is -0.341 e. The highest BCUT2D eigenvalue weighted by Crippen LogP contribution is 2.29. The molecule has 3 nitrogen and oxygen atoms in total. The van der Waals surface area contributed by atoms with Crippen LogP contribution in [0, 0.1) is 5.92 Å². The van der Waals surface area contributed by atoms with Gasteiger partial charge in [-0.1, -0.05) is 26.0 Å². The maximum absolute atomic E-state index is 12.5. The average Bonchev–Trinajstić information content (AvgIpc) is 2.37. The van der Waals surface area contributed by atoms with E-state index in [0.29, 0.717) is 5.56 Å². The first kappa shape index (κ1) is 17.5. The molecule has 0 radical (unpaired) electrons. The van der Waals surface area contributed by atoms with Gasteiger partial charge in [-0.25, -0.2) is 0 Å². The average molecular weight is 302 g/mol. The second kappa shape index (κ2) is 6.93. The Labute approximate surface area is 122 Å². The second-order valence-corrected chi connectivity index (χ2v) is 5.56. The van der Waals surface area contributed by atoms with Crippen LogP contribution in [0.1, 0.15) is 31.4 Å². The number of carbonyl (C=O) groups excluding carboxylic acids is 1. The van der Waals surface area contributed by atoms with E-state index < -0.39 is 11.7 Å². The summed E-state index contributed by atoms with van der Waals surface area (Å²) >= 11 is 0. The molecule has 0 spiro atoms. The van der Waals surface area contributed by atoms with E-state index in [0.717, 1.165) is 12.1 Å². The molecule has 0 saturated carbocycles. The second-order valence-electron chi connectivity index (χ2n) is 5.56. The lowest BCUT2D eigenvalue weighted by Crippen LogP contribution is -2.35. The fraction of sp³-hybridized carbons (Fsp3) is 0.533. The van der Waals surface area contributed by atoms with Crippen LogP contribution in [0.3, 0.4) is 0 Å². The summed E-state index contributed by atoms with van der Waals surface area (Å²) in [5, 5.41) is 0. The van der Waals surface area contributed by atoms with Crippen LogP contribution in [-0.2, 0) is 17.5 Å². The van der Waals surface area contributed by atoms with Crippen molar-refractivity contribution in [3.63, 3.8) is 0 Å². The van der Waals surface area contributed by atoms with Gasteiger partial charge in [-0.15, -0.1) is 0 Å². The summed E-state index contributed by atoms with van der Waals surface area (Å²) in [5.41, 5.74) is 5.80. The third-order valence-corrected chi connectivity index (χ3v) is 3.39. The van der Waals surface area contributed by atoms with E-state index in [1.54, 1.807) is 7.05 Å². The summed E-state index contributed by atoms with van der Waals surface area (Å²) < 4.78 is 37.4. The normalized spacial score (nSPS) is 13.3. The first-order valence-electron chi connectivity index (χ1n) is 6.77. The predicted molar refractivity (Wildman–Crippen MR) is 75.3 cm³/mol. The van der Waals surface area contributed by atoms with Gasteiger partial charge >= 0.3 is 6.18 Å². The minimum atomic E-state index is -4.34. The summed E-state index contributed by atoms with van der Waals surface area (Å²) in [5.74, 6) is 0.0875. The lowest BCUT2D eigenvalue weighted by atomic mass is 10.0. The van der Waals surface area contributed by atoms with Gasteiger partial charge in [-0.2, -0.15) is 13.2 Å². The Balaban J connectivity index is 2.62. The van der Waals surface area contributed by atoms with Crippen LogP contribution in [0.4, 0.5) is 13.2 Å². The number of rotatable bonds is 5. The van der Waals surface area contributed by atoms with Gasteiger partial charge in [0.1, 0.15) is 0 Å². The number of nitrogens with two attached hydrogens (primary N) is 1. The number of carbonyl (C=O) groups is 1. The largest absolute Gasteiger partial charge is 0.416 e. The van der Waals surface area contributed by atoms with Crippen LogP contribution in [0.2, 0.25) is 0 Å². The molecule has 6 heteroatoms. The highest BCUT2D eigenvalue weighted by Gasteiger charge is 2.30. The Hall–Kier alpha value is -1.56. The summed E-state index contributed by atoms with van der Waals surface area (Å²) in [6.07, 6.45) is -4.11. The molecule has 0 aromatic heterocycles. The van der Waals surface area contributed by atoms with E-state index in [-0.39, 0.29) is 30.8 Å². The van der Waals surface area contributed by atoms with Gasteiger partial charge in [0, 0.05) is 26.1 Å². The molecule has 1 atom stereocenters. The van der Waals surface area contributed by atoms with Crippen LogP contribution < -0.4 is 5.73 Å². The molecule has 1 aromatic rings. The molecule has 1 aromatic carbocycles. The third kappa shape index (κ3) is 5.38. The number of benzene rings is 1. The topological polar surface area (TPSA) is 46.3 Å². The zero-order valence-corrected chi connectivity index (χ0v) is 12.4. The third-order valence-electron chi connectivity index (χ3n) is 3.39. The zero-order valence-electron chi connectivity index (χ0n) is 12.4. The van der Waals surface area contributed by atoms with Crippen LogP contribution in [0.15, 0.2) is 24.3 Å². The van der Waals surface area contributed by atoms with Crippen molar-refractivity contribution >= 4 is 5.91 Å². The van der Waals surface area contributed by atoms with Gasteiger partial charge in [0.05, 0.1) is 5.56 Å². The van der Waals surface area contributed by atoms with Crippen molar-refractivity contribution in [2.24, 2.45) is 11.7 Å². The predicted octanol–water partition coefficient (Wildman–Crippen LogP) is 3.04. The minimum absolute atomic E-state index is 0.115. The summed E-state index contributed by atoms with van der Waals surface area (Å²) in [6.45, 7) is 4.14. The number of alkyl halides is 3. The lowest BCUT2D eigenvalue weighted by Gasteiger charge is -2.21. The van der Waals surface area contributed by atoms with Gasteiger partial charge in [-0.3, -0.25) is 4.79 Å². The monoisotopic (exact) mass is 302 g/mol. The van der Waals surface area contributed by atoms with E-state index in [1.165, 1.54) is 17.0 Å². The summed E-state index contributed by atoms with van der Waals surface area (Å²) in [4.78, 5) is 13.4. The Bertz CT molecular complexity index is 469. The van der Waals surface area contributed by atoms with Crippen LogP contribution >= 0.6 is 0 Å². The quantitative estimate of drug-likeness (QED) is 0.908. The van der Waals surface area contributed by atoms with Gasteiger partial charge in [0.15, 0.2) is 0 Å². The van der Waals surface area contributed by atoms with Gasteiger partial charge in [-0.05, 0) is 23.6 Å². The summed E-state index contributed by atoms with van der Waals surface area (Å²) in [7, 11) is 1.62. The molecule has 2 N–H and O–H groups in total. The molecule has 0 aliphatic heterocycles. The molecular formula is C15H21F3N2O. The van der Waals surface area contributed by atoms with Gasteiger partial charge in [0.2, 0.25) is 5.91 Å². The van der Waals surface area contributed by atoms with Crippen LogP contribution in [0.25, 0.3) is 0 Å². The summed E-state index contributed by atoms with van der Waals surface area (Å²) in [6, 6.07) is 4.60. The van der Waals surface area contributed by atoms with E-state index in [1.807, 2.05) is 13.8 Å². The Morgan fingerprint density at radius 2 is 1.76 bits per heavy atom. The molecule has 1 unspecified atom stereocenters. The van der Waals surface area contributed by atoms with E-state index in [2.05, 4.69) is 0 Å². The van der Waals surface area contributed by atoms with E-state index in [4.69, 9.17) is 5.73 Å². The number of hydrogen-bond acceptors (Lipinski definition) is 2. The fourth-order valence-electron chi connectivity index (χ4n) is 1.75. The molecular weight excluding hydrogens is 281 g/mol. The number of amides is 1. The molecule has 0 bridgehead atoms. The van der Waals surface area contributed by atoms with Crippen molar-refractivity contribution < 1.29 is 18.0 Å². The maximum atomic E-state index is 12.5. The first-order valence-corrected chi connectivity index (χ1v) is 6.77. The Kier molecular flexibility index (Phi) is 5.78. The number of hydrogen-bond donors (Lipinski definition) is 1. The molecule has 118 valence electrons. The van der Waals surface area contributed by atoms with Crippen molar-refractivity contribution in [3.8, 4) is 0 Å². The SMILES string of the molecule is CC(C)C(N)CC(=O)N(C)Cc1ccc(C(F)(F)F)cc1. The Morgan fingerprint density at radius 3 is 2.19 bits per heavy atom. The molecule has 0 aliphatic carbocycles. The fourth-order valence-corrected chi connectivity index (χ4v) is 1.75. The van der Waals surface area contributed by atoms with Crippen molar-refractivity contribution in [2.75, 3.05) is 7.05 Å². The highest BCUT2D eigenvalue weighted by molar-refractivity contribution is 5.76. The molecule has 1 amide bonds. The highest BCUT2D eigenvalue weighted by atomic mass is 19.4. The molecule has 0 aliphatic rings. The molecule has 0 heterocycles. The van der Waals surface area contributed by atoms with Crippen LogP contribution in [0.5, 0.6) is 0 Å². The van der Waals surface area contributed by atoms with Crippen molar-refractivity contribution in [3.05, 3.63) is 35.4 Å². The maximum Gasteiger partial charge on any atom is 0.416 e. The zero-order chi connectivity index (χ0) is 16.2. The molecule has 1 rings (SSSR count). The smallest absolute Gasteiger partial charge is 0.341 e. The Morgan fingerprint density at radius 1 is 1.24 bits per heavy atom. The van der Waals surface area contributed by atoms with Gasteiger partial charge in [0.25, 0.3) is 0 Å². The van der Waals surface area contributed by atoms with Crippen molar-refractivity contribution in [1.29, 1.82) is 0 Å². The molecule has 0 fully saturated rings. The molecule has 0 saturated heterocycles. The van der Waals surface area contributed by atoms with Crippen molar-refractivity contribution in [1.82, 2.24) is 4.90 Å². The number of halogens is 3. The van der Waals surface area contributed by atoms with Crippen molar-refractivity contribution in [2.45, 2.75) is 39.0 Å². The van der Waals surface area contributed by atoms with E-state index in [9.17, 15) is 18.0 Å². The number of nitrogens with zero attached hydrogens (tertiary/aromatic N) is 1. The van der Waals surface area contributed by atoms with Gasteiger partial charge < -0.3 is 10.6 Å². The van der Waals surface area contributed by atoms with Crippen LogP contribution in [-0.4, -0.2) is 23.9 Å².